The molecule has 0 aliphatic carbocycles. The van der Waals surface area contributed by atoms with Crippen LogP contribution in [-0.2, 0) is 9.59 Å². The van der Waals surface area contributed by atoms with E-state index < -0.39 is 5.97 Å². The molecule has 0 aromatic heterocycles. The number of carbonyl (C=O) groups excluding carboxylic acids is 2. The van der Waals surface area contributed by atoms with E-state index in [1.807, 2.05) is 16.7 Å². The Morgan fingerprint density at radius 2 is 1.73 bits per heavy atom. The van der Waals surface area contributed by atoms with Crippen molar-refractivity contribution in [3.05, 3.63) is 0 Å². The molecular formula is C18H32N4O4. The van der Waals surface area contributed by atoms with Crippen molar-refractivity contribution in [1.29, 1.82) is 0 Å². The van der Waals surface area contributed by atoms with Gasteiger partial charge in [-0.3, -0.25) is 14.5 Å². The molecular weight excluding hydrogens is 336 g/mol. The fraction of sp³-hybridized carbons (Fsp3) is 0.833. The highest BCUT2D eigenvalue weighted by atomic mass is 16.4. The van der Waals surface area contributed by atoms with Gasteiger partial charge in [0.05, 0.1) is 0 Å². The van der Waals surface area contributed by atoms with Gasteiger partial charge in [0.2, 0.25) is 5.91 Å². The highest BCUT2D eigenvalue weighted by Gasteiger charge is 2.33. The van der Waals surface area contributed by atoms with E-state index in [9.17, 15) is 19.5 Å². The Morgan fingerprint density at radius 1 is 1.04 bits per heavy atom. The molecule has 2 aliphatic heterocycles. The quantitative estimate of drug-likeness (QED) is 0.719. The monoisotopic (exact) mass is 368 g/mol. The standard InChI is InChI=1S/C18H32N4O4/c1-3-19-18(26)22-7-5-15(12-17(24)25)16(13-22)4-6-20-8-10-21(11-9-20)14(2)23/h15-16H,3-13H2,1-2H3,(H,19,26)(H,24,25). The Labute approximate surface area is 155 Å². The van der Waals surface area contributed by atoms with Crippen molar-refractivity contribution in [3.8, 4) is 0 Å². The summed E-state index contributed by atoms with van der Waals surface area (Å²) < 4.78 is 0. The number of hydrogen-bond acceptors (Lipinski definition) is 4. The topological polar surface area (TPSA) is 93.2 Å². The van der Waals surface area contributed by atoms with Crippen molar-refractivity contribution >= 4 is 17.9 Å². The molecule has 0 aromatic rings. The fourth-order valence-corrected chi connectivity index (χ4v) is 3.98. The van der Waals surface area contributed by atoms with E-state index in [0.717, 1.165) is 45.6 Å². The van der Waals surface area contributed by atoms with E-state index in [1.54, 1.807) is 6.92 Å². The van der Waals surface area contributed by atoms with Crippen LogP contribution >= 0.6 is 0 Å². The van der Waals surface area contributed by atoms with Crippen molar-refractivity contribution in [3.63, 3.8) is 0 Å². The Bertz CT molecular complexity index is 505. The molecule has 2 rings (SSSR count). The molecule has 2 saturated heterocycles. The Balaban J connectivity index is 1.87. The molecule has 26 heavy (non-hydrogen) atoms. The highest BCUT2D eigenvalue weighted by Crippen LogP contribution is 2.29. The lowest BCUT2D eigenvalue weighted by molar-refractivity contribution is -0.139. The summed E-state index contributed by atoms with van der Waals surface area (Å²) in [4.78, 5) is 40.8. The van der Waals surface area contributed by atoms with Gasteiger partial charge in [0.15, 0.2) is 0 Å². The lowest BCUT2D eigenvalue weighted by atomic mass is 9.81. The predicted octanol–water partition coefficient (Wildman–Crippen LogP) is 0.683. The normalized spacial score (nSPS) is 24.4. The van der Waals surface area contributed by atoms with Gasteiger partial charge in [-0.15, -0.1) is 0 Å². The molecule has 2 unspecified atom stereocenters. The van der Waals surface area contributed by atoms with Crippen LogP contribution in [0.5, 0.6) is 0 Å². The zero-order valence-corrected chi connectivity index (χ0v) is 15.9. The lowest BCUT2D eigenvalue weighted by Gasteiger charge is -2.40. The molecule has 0 spiro atoms. The number of piperazine rings is 1. The number of carboxylic acid groups (broad SMARTS) is 1. The van der Waals surface area contributed by atoms with Gasteiger partial charge in [-0.25, -0.2) is 4.79 Å². The maximum atomic E-state index is 12.1. The number of piperidine rings is 1. The number of nitrogens with one attached hydrogen (secondary N) is 1. The third kappa shape index (κ3) is 5.86. The molecule has 3 amide bonds. The summed E-state index contributed by atoms with van der Waals surface area (Å²) in [6, 6.07) is -0.0543. The molecule has 8 nitrogen and oxygen atoms in total. The van der Waals surface area contributed by atoms with Crippen molar-refractivity contribution in [1.82, 2.24) is 20.0 Å². The number of nitrogens with zero attached hydrogens (tertiary/aromatic N) is 3. The van der Waals surface area contributed by atoms with E-state index in [1.165, 1.54) is 0 Å². The molecule has 148 valence electrons. The van der Waals surface area contributed by atoms with Gasteiger partial charge in [0.25, 0.3) is 0 Å². The molecule has 2 atom stereocenters. The minimum absolute atomic E-state index is 0.0543. The first-order valence-electron chi connectivity index (χ1n) is 9.63. The summed E-state index contributed by atoms with van der Waals surface area (Å²) in [5.41, 5.74) is 0. The average Bonchev–Trinajstić information content (AvgIpc) is 2.61. The first-order chi connectivity index (χ1) is 12.4. The maximum absolute atomic E-state index is 12.1. The predicted molar refractivity (Wildman–Crippen MR) is 97.8 cm³/mol. The van der Waals surface area contributed by atoms with Crippen LogP contribution in [0.4, 0.5) is 4.79 Å². The minimum Gasteiger partial charge on any atom is -0.481 e. The molecule has 0 saturated carbocycles. The van der Waals surface area contributed by atoms with Crippen molar-refractivity contribution in [2.45, 2.75) is 33.1 Å². The van der Waals surface area contributed by atoms with E-state index in [2.05, 4.69) is 10.2 Å². The average molecular weight is 368 g/mol. The van der Waals surface area contributed by atoms with Crippen molar-refractivity contribution in [2.24, 2.45) is 11.8 Å². The zero-order valence-electron chi connectivity index (χ0n) is 15.9. The molecule has 2 aliphatic rings. The van der Waals surface area contributed by atoms with E-state index in [4.69, 9.17) is 0 Å². The SMILES string of the molecule is CCNC(=O)N1CCC(CC(=O)O)C(CCN2CCN(C(C)=O)CC2)C1. The fourth-order valence-electron chi connectivity index (χ4n) is 3.98. The molecule has 0 bridgehead atoms. The summed E-state index contributed by atoms with van der Waals surface area (Å²) in [5, 5.41) is 12.0. The summed E-state index contributed by atoms with van der Waals surface area (Å²) in [5.74, 6) is -0.317. The van der Waals surface area contributed by atoms with Crippen LogP contribution < -0.4 is 5.32 Å². The van der Waals surface area contributed by atoms with Gasteiger partial charge in [0.1, 0.15) is 0 Å². The van der Waals surface area contributed by atoms with E-state index in [0.29, 0.717) is 19.6 Å². The first kappa shape index (κ1) is 20.5. The number of aliphatic carboxylic acids is 1. The van der Waals surface area contributed by atoms with Crippen LogP contribution in [0.1, 0.15) is 33.1 Å². The van der Waals surface area contributed by atoms with Gasteiger partial charge >= 0.3 is 12.0 Å². The van der Waals surface area contributed by atoms with Crippen LogP contribution in [0.2, 0.25) is 0 Å². The summed E-state index contributed by atoms with van der Waals surface area (Å²) >= 11 is 0. The van der Waals surface area contributed by atoms with Gasteiger partial charge in [-0.1, -0.05) is 0 Å². The zero-order chi connectivity index (χ0) is 19.1. The Kier molecular flexibility index (Phi) is 7.68. The minimum atomic E-state index is -0.762. The number of hydrogen-bond donors (Lipinski definition) is 2. The summed E-state index contributed by atoms with van der Waals surface area (Å²) in [6.45, 7) is 9.44. The smallest absolute Gasteiger partial charge is 0.317 e. The van der Waals surface area contributed by atoms with Crippen LogP contribution in [0.15, 0.2) is 0 Å². The van der Waals surface area contributed by atoms with Gasteiger partial charge in [-0.05, 0) is 38.1 Å². The van der Waals surface area contributed by atoms with Gasteiger partial charge in [0, 0.05) is 59.2 Å². The third-order valence-corrected chi connectivity index (χ3v) is 5.58. The molecule has 0 radical (unpaired) electrons. The van der Waals surface area contributed by atoms with Gasteiger partial charge in [-0.2, -0.15) is 0 Å². The number of likely N-dealkylation sites (tertiary alicyclic amines) is 1. The number of rotatable bonds is 6. The van der Waals surface area contributed by atoms with Crippen LogP contribution in [0, 0.1) is 11.8 Å². The maximum Gasteiger partial charge on any atom is 0.317 e. The van der Waals surface area contributed by atoms with Crippen molar-refractivity contribution in [2.75, 3.05) is 52.4 Å². The second-order valence-corrected chi connectivity index (χ2v) is 7.32. The summed E-state index contributed by atoms with van der Waals surface area (Å²) in [6.07, 6.45) is 1.80. The Hall–Kier alpha value is -1.83. The molecule has 2 fully saturated rings. The van der Waals surface area contributed by atoms with Gasteiger partial charge < -0.3 is 20.2 Å². The molecule has 8 heteroatoms. The van der Waals surface area contributed by atoms with Crippen LogP contribution in [0.3, 0.4) is 0 Å². The third-order valence-electron chi connectivity index (χ3n) is 5.58. The van der Waals surface area contributed by atoms with E-state index >= 15 is 0 Å². The molecule has 2 N–H and O–H groups in total. The number of urea groups is 1. The molecule has 2 heterocycles. The highest BCUT2D eigenvalue weighted by molar-refractivity contribution is 5.74. The largest absolute Gasteiger partial charge is 0.481 e. The molecule has 0 aromatic carbocycles. The number of amides is 3. The lowest BCUT2D eigenvalue weighted by Crippen LogP contribution is -2.50. The van der Waals surface area contributed by atoms with Crippen LogP contribution in [0.25, 0.3) is 0 Å². The van der Waals surface area contributed by atoms with Crippen LogP contribution in [-0.4, -0.2) is 90.1 Å². The second-order valence-electron chi connectivity index (χ2n) is 7.32. The number of carbonyl (C=O) groups is 3. The van der Waals surface area contributed by atoms with Crippen molar-refractivity contribution < 1.29 is 19.5 Å². The first-order valence-corrected chi connectivity index (χ1v) is 9.63. The van der Waals surface area contributed by atoms with E-state index in [-0.39, 0.29) is 30.2 Å². The number of carboxylic acids is 1. The Morgan fingerprint density at radius 3 is 2.31 bits per heavy atom. The second kappa shape index (κ2) is 9.75. The summed E-state index contributed by atoms with van der Waals surface area (Å²) in [7, 11) is 0.